The number of aliphatic hydroxyl groups excluding tert-OH is 1. The number of rotatable bonds is 4. The second kappa shape index (κ2) is 5.99. The summed E-state index contributed by atoms with van der Waals surface area (Å²) in [6.07, 6.45) is 9.68. The molecule has 6 nitrogen and oxygen atoms in total. The molecular weight excluding hydrogens is 390 g/mol. The van der Waals surface area contributed by atoms with Gasteiger partial charge >= 0.3 is 0 Å². The molecule has 0 spiro atoms. The first-order valence-electron chi connectivity index (χ1n) is 10.5. The van der Waals surface area contributed by atoms with E-state index in [4.69, 9.17) is 16.3 Å². The quantitative estimate of drug-likeness (QED) is 0.805. The average molecular weight is 414 g/mol. The molecule has 29 heavy (non-hydrogen) atoms. The molecule has 2 aromatic rings. The molecular formula is C22H24ClN3O3. The second-order valence-corrected chi connectivity index (χ2v) is 9.85. The van der Waals surface area contributed by atoms with Crippen LogP contribution in [0, 0.1) is 0 Å². The normalized spacial score (nSPS) is 34.8. The van der Waals surface area contributed by atoms with Gasteiger partial charge in [0.05, 0.1) is 17.8 Å². The molecule has 1 amide bonds. The van der Waals surface area contributed by atoms with Gasteiger partial charge in [-0.2, -0.15) is 5.10 Å². The minimum Gasteiger partial charge on any atom is -0.480 e. The van der Waals surface area contributed by atoms with Crippen LogP contribution in [-0.4, -0.2) is 32.4 Å². The second-order valence-electron chi connectivity index (χ2n) is 9.41. The topological polar surface area (TPSA) is 76.4 Å². The molecule has 2 heterocycles. The Labute approximate surface area is 174 Å². The molecule has 0 saturated heterocycles. The molecule has 0 radical (unpaired) electrons. The Balaban J connectivity index is 1.10. The van der Waals surface area contributed by atoms with Crippen molar-refractivity contribution in [1.82, 2.24) is 15.1 Å². The van der Waals surface area contributed by atoms with Crippen LogP contribution in [0.2, 0.25) is 5.02 Å². The Morgan fingerprint density at radius 2 is 2.10 bits per heavy atom. The summed E-state index contributed by atoms with van der Waals surface area (Å²) in [6.45, 7) is 0. The number of aliphatic hydroxyl groups is 1. The minimum absolute atomic E-state index is 0.0750. The van der Waals surface area contributed by atoms with Crippen LogP contribution in [0.15, 0.2) is 30.6 Å². The smallest absolute Gasteiger partial charge is 0.261 e. The van der Waals surface area contributed by atoms with Crippen molar-refractivity contribution >= 4 is 17.5 Å². The van der Waals surface area contributed by atoms with Gasteiger partial charge in [-0.1, -0.05) is 18.0 Å². The molecule has 2 atom stereocenters. The Morgan fingerprint density at radius 1 is 1.31 bits per heavy atom. The summed E-state index contributed by atoms with van der Waals surface area (Å²) < 4.78 is 8.00. The fraction of sp³-hybridized carbons (Fsp3) is 0.545. The molecule has 2 bridgehead atoms. The number of nitrogens with zero attached hydrogens (tertiary/aromatic N) is 2. The fourth-order valence-electron chi connectivity index (χ4n) is 5.58. The largest absolute Gasteiger partial charge is 0.480 e. The van der Waals surface area contributed by atoms with Crippen LogP contribution in [-0.2, 0) is 10.3 Å². The number of halogens is 1. The zero-order valence-electron chi connectivity index (χ0n) is 16.1. The van der Waals surface area contributed by atoms with Crippen LogP contribution in [0.25, 0.3) is 0 Å². The van der Waals surface area contributed by atoms with E-state index in [-0.39, 0.29) is 23.4 Å². The summed E-state index contributed by atoms with van der Waals surface area (Å²) in [7, 11) is 0. The maximum absolute atomic E-state index is 12.8. The lowest BCUT2D eigenvalue weighted by Crippen LogP contribution is -2.79. The Bertz CT molecular complexity index is 979. The lowest BCUT2D eigenvalue weighted by molar-refractivity contribution is -0.165. The molecule has 1 aliphatic heterocycles. The maximum Gasteiger partial charge on any atom is 0.261 e. The zero-order valence-corrected chi connectivity index (χ0v) is 16.9. The number of carbonyl (C=O) groups is 1. The molecule has 0 unspecified atom stereocenters. The third-order valence-corrected chi connectivity index (χ3v) is 7.62. The highest BCUT2D eigenvalue weighted by molar-refractivity contribution is 6.30. The van der Waals surface area contributed by atoms with E-state index in [0.29, 0.717) is 22.3 Å². The lowest BCUT2D eigenvalue weighted by Gasteiger charge is -2.70. The van der Waals surface area contributed by atoms with Crippen LogP contribution in [0.1, 0.15) is 68.1 Å². The van der Waals surface area contributed by atoms with E-state index >= 15 is 0 Å². The van der Waals surface area contributed by atoms with Crippen LogP contribution < -0.4 is 10.1 Å². The minimum atomic E-state index is -0.749. The summed E-state index contributed by atoms with van der Waals surface area (Å²) in [6, 6.07) is 5.12. The number of hydrogen-bond acceptors (Lipinski definition) is 4. The molecule has 152 valence electrons. The lowest BCUT2D eigenvalue weighted by atomic mass is 9.44. The standard InChI is InChI=1S/C22H24ClN3O3/c23-15-4-5-18-16(6-15)17(27)7-19(29-18)20(28)25-21-10-22(11-21,12-21)26-9-14(8-24-26)13-2-1-3-13/h4-6,8-9,13,17,19,27H,1-3,7,10-12H2,(H,25,28)/t17-,19-,21?,22?/m1/s1. The molecule has 5 aliphatic rings. The molecule has 2 N–H and O–H groups in total. The Morgan fingerprint density at radius 3 is 2.83 bits per heavy atom. The van der Waals surface area contributed by atoms with Gasteiger partial charge in [0.15, 0.2) is 6.10 Å². The number of ether oxygens (including phenoxy) is 1. The van der Waals surface area contributed by atoms with Crippen LogP contribution >= 0.6 is 11.6 Å². The summed E-state index contributed by atoms with van der Waals surface area (Å²) in [5.74, 6) is 1.08. The highest BCUT2D eigenvalue weighted by atomic mass is 35.5. The summed E-state index contributed by atoms with van der Waals surface area (Å²) in [5.41, 5.74) is 1.94. The van der Waals surface area contributed by atoms with Crippen molar-refractivity contribution < 1.29 is 14.6 Å². The number of carbonyl (C=O) groups excluding carboxylic acids is 1. The molecule has 4 saturated carbocycles. The zero-order chi connectivity index (χ0) is 19.8. The van der Waals surface area contributed by atoms with Gasteiger partial charge in [0.2, 0.25) is 0 Å². The average Bonchev–Trinajstić information content (AvgIpc) is 3.04. The van der Waals surface area contributed by atoms with Crippen LogP contribution in [0.4, 0.5) is 0 Å². The van der Waals surface area contributed by atoms with Crippen LogP contribution in [0.3, 0.4) is 0 Å². The van der Waals surface area contributed by atoms with Crippen molar-refractivity contribution in [2.24, 2.45) is 0 Å². The van der Waals surface area contributed by atoms with Gasteiger partial charge in [0.1, 0.15) is 5.75 Å². The van der Waals surface area contributed by atoms with Gasteiger partial charge in [-0.25, -0.2) is 0 Å². The Hall–Kier alpha value is -2.05. The molecule has 4 aliphatic carbocycles. The van der Waals surface area contributed by atoms with Gasteiger partial charge in [0, 0.05) is 28.7 Å². The third kappa shape index (κ3) is 2.65. The van der Waals surface area contributed by atoms with Crippen LogP contribution in [0.5, 0.6) is 5.75 Å². The number of hydrogen-bond donors (Lipinski definition) is 2. The molecule has 7 heteroatoms. The van der Waals surface area contributed by atoms with E-state index in [0.717, 1.165) is 19.3 Å². The van der Waals surface area contributed by atoms with Crippen molar-refractivity contribution in [1.29, 1.82) is 0 Å². The number of amides is 1. The molecule has 1 aromatic heterocycles. The van der Waals surface area contributed by atoms with Crippen molar-refractivity contribution in [3.05, 3.63) is 46.7 Å². The van der Waals surface area contributed by atoms with Crippen molar-refractivity contribution in [3.63, 3.8) is 0 Å². The monoisotopic (exact) mass is 413 g/mol. The summed E-state index contributed by atoms with van der Waals surface area (Å²) in [5, 5.41) is 18.8. The van der Waals surface area contributed by atoms with E-state index < -0.39 is 12.2 Å². The van der Waals surface area contributed by atoms with Gasteiger partial charge in [-0.3, -0.25) is 9.48 Å². The van der Waals surface area contributed by atoms with Crippen molar-refractivity contribution in [2.75, 3.05) is 0 Å². The highest BCUT2D eigenvalue weighted by Gasteiger charge is 2.70. The first-order chi connectivity index (χ1) is 14.0. The first kappa shape index (κ1) is 17.8. The molecule has 7 rings (SSSR count). The number of aromatic nitrogens is 2. The Kier molecular flexibility index (Phi) is 3.67. The van der Waals surface area contributed by atoms with Gasteiger partial charge < -0.3 is 15.2 Å². The third-order valence-electron chi connectivity index (χ3n) is 7.39. The van der Waals surface area contributed by atoms with Crippen molar-refractivity contribution in [3.8, 4) is 5.75 Å². The number of fused-ring (bicyclic) bond motifs is 1. The van der Waals surface area contributed by atoms with E-state index in [1.807, 2.05) is 6.20 Å². The predicted octanol–water partition coefficient (Wildman–Crippen LogP) is 3.44. The summed E-state index contributed by atoms with van der Waals surface area (Å²) >= 11 is 6.00. The fourth-order valence-corrected chi connectivity index (χ4v) is 5.76. The SMILES string of the molecule is O=C(NC12CC(n3cc(C4CCC4)cn3)(C1)C2)[C@H]1C[C@@H](O)c2cc(Cl)ccc2O1. The number of benzene rings is 1. The predicted molar refractivity (Wildman–Crippen MR) is 107 cm³/mol. The first-order valence-corrected chi connectivity index (χ1v) is 10.8. The van der Waals surface area contributed by atoms with Crippen molar-refractivity contribution in [2.45, 2.75) is 74.1 Å². The van der Waals surface area contributed by atoms with E-state index in [9.17, 15) is 9.90 Å². The van der Waals surface area contributed by atoms with Gasteiger partial charge in [-0.05, 0) is 61.8 Å². The van der Waals surface area contributed by atoms with Gasteiger partial charge in [-0.15, -0.1) is 0 Å². The number of nitrogens with one attached hydrogen (secondary N) is 1. The summed E-state index contributed by atoms with van der Waals surface area (Å²) in [4.78, 5) is 12.8. The highest BCUT2D eigenvalue weighted by Crippen LogP contribution is 2.65. The molecule has 1 aromatic carbocycles. The van der Waals surface area contributed by atoms with Gasteiger partial charge in [0.25, 0.3) is 5.91 Å². The van der Waals surface area contributed by atoms with E-state index in [2.05, 4.69) is 21.3 Å². The van der Waals surface area contributed by atoms with E-state index in [1.165, 1.54) is 24.8 Å². The van der Waals surface area contributed by atoms with E-state index in [1.54, 1.807) is 18.2 Å². The molecule has 4 fully saturated rings. The maximum atomic E-state index is 12.8.